The van der Waals surface area contributed by atoms with E-state index in [0.29, 0.717) is 19.6 Å². The molecular weight excluding hydrogens is 534 g/mol. The minimum absolute atomic E-state index is 0.0213. The van der Waals surface area contributed by atoms with E-state index in [-0.39, 0.29) is 41.5 Å². The lowest BCUT2D eigenvalue weighted by Crippen LogP contribution is -2.59. The summed E-state index contributed by atoms with van der Waals surface area (Å²) in [6, 6.07) is 7.94. The molecule has 1 aromatic carbocycles. The van der Waals surface area contributed by atoms with Gasteiger partial charge in [-0.3, -0.25) is 14.4 Å². The molecule has 3 amide bonds. The number of hydrogen-bond donors (Lipinski definition) is 1. The van der Waals surface area contributed by atoms with Gasteiger partial charge in [0, 0.05) is 30.9 Å². The number of rotatable bonds is 14. The second kappa shape index (κ2) is 13.2. The van der Waals surface area contributed by atoms with Gasteiger partial charge in [0.05, 0.1) is 29.2 Å². The molecule has 8 heteroatoms. The summed E-state index contributed by atoms with van der Waals surface area (Å²) in [5.74, 6) is -1.41. The fraction of sp³-hybridized carbons (Fsp3) is 0.606. The zero-order chi connectivity index (χ0) is 29.9. The average molecular weight is 582 g/mol. The minimum atomic E-state index is -0.793. The Morgan fingerprint density at radius 1 is 1.15 bits per heavy atom. The van der Waals surface area contributed by atoms with E-state index in [0.717, 1.165) is 31.2 Å². The van der Waals surface area contributed by atoms with Crippen molar-refractivity contribution in [3.63, 3.8) is 0 Å². The van der Waals surface area contributed by atoms with Crippen molar-refractivity contribution in [3.8, 4) is 0 Å². The smallest absolute Gasteiger partial charge is 0.247 e. The van der Waals surface area contributed by atoms with Crippen LogP contribution in [0.4, 0.5) is 0 Å². The SMILES string of the molecule is C=CCN(CCC)C(=O)[C@@H]1[C@@H]2CC(C)C3(S2)C(C(=O)N(CC=C)C(C)CCC)N([C@H](CO)c2ccccc2)C(=O)[C@H]13. The standard InChI is InChI=1S/C33H47N3O4S/c1-7-14-23(6)35(19-10-4)32(40)29-33-22(5)20-26(41-33)27(30(38)34(17-8-2)18-9-3)28(33)31(39)36(29)25(21-37)24-15-12-11-13-16-24/h8,10-13,15-16,22-23,25-29,37H,2,4,7,9,14,17-21H2,1,3,5-6H3/t22?,23?,25-,26+,27-,28+,29?,33?/m1/s1. The van der Waals surface area contributed by atoms with Gasteiger partial charge < -0.3 is 19.8 Å². The molecule has 1 spiro atoms. The number of benzene rings is 1. The van der Waals surface area contributed by atoms with Crippen molar-refractivity contribution in [1.82, 2.24) is 14.7 Å². The van der Waals surface area contributed by atoms with E-state index >= 15 is 0 Å². The maximum absolute atomic E-state index is 14.8. The third kappa shape index (κ3) is 5.27. The van der Waals surface area contributed by atoms with E-state index < -0.39 is 28.7 Å². The van der Waals surface area contributed by atoms with Crippen LogP contribution in [0.2, 0.25) is 0 Å². The highest BCUT2D eigenvalue weighted by Crippen LogP contribution is 2.69. The van der Waals surface area contributed by atoms with Crippen LogP contribution < -0.4 is 0 Å². The lowest BCUT2D eigenvalue weighted by Gasteiger charge is -2.43. The fourth-order valence-electron chi connectivity index (χ4n) is 7.67. The first-order chi connectivity index (χ1) is 19.7. The number of thioether (sulfide) groups is 1. The van der Waals surface area contributed by atoms with Crippen molar-refractivity contribution in [2.75, 3.05) is 26.2 Å². The van der Waals surface area contributed by atoms with Crippen LogP contribution >= 0.6 is 11.8 Å². The van der Waals surface area contributed by atoms with Crippen LogP contribution in [0.15, 0.2) is 55.6 Å². The van der Waals surface area contributed by atoms with Crippen LogP contribution in [0.25, 0.3) is 0 Å². The Morgan fingerprint density at radius 2 is 1.83 bits per heavy atom. The van der Waals surface area contributed by atoms with Gasteiger partial charge >= 0.3 is 0 Å². The van der Waals surface area contributed by atoms with E-state index in [4.69, 9.17) is 0 Å². The summed E-state index contributed by atoms with van der Waals surface area (Å²) in [6.07, 6.45) is 6.82. The Labute approximate surface area is 250 Å². The molecule has 3 aliphatic rings. The molecule has 3 aliphatic heterocycles. The zero-order valence-electron chi connectivity index (χ0n) is 25.1. The first-order valence-electron chi connectivity index (χ1n) is 15.2. The predicted molar refractivity (Wildman–Crippen MR) is 165 cm³/mol. The molecule has 0 saturated carbocycles. The third-order valence-corrected chi connectivity index (χ3v) is 11.5. The van der Waals surface area contributed by atoms with Crippen molar-refractivity contribution in [2.45, 2.75) is 81.5 Å². The molecule has 7 nitrogen and oxygen atoms in total. The van der Waals surface area contributed by atoms with E-state index in [1.165, 1.54) is 0 Å². The largest absolute Gasteiger partial charge is 0.394 e. The molecule has 2 bridgehead atoms. The average Bonchev–Trinajstić information content (AvgIpc) is 3.56. The molecule has 4 unspecified atom stereocenters. The Morgan fingerprint density at radius 3 is 2.41 bits per heavy atom. The summed E-state index contributed by atoms with van der Waals surface area (Å²) in [4.78, 5) is 49.1. The van der Waals surface area contributed by atoms with Gasteiger partial charge in [0.15, 0.2) is 0 Å². The quantitative estimate of drug-likeness (QED) is 0.323. The number of aliphatic hydroxyl groups is 1. The van der Waals surface area contributed by atoms with Gasteiger partial charge in [0.25, 0.3) is 0 Å². The van der Waals surface area contributed by atoms with E-state index in [1.54, 1.807) is 28.8 Å². The van der Waals surface area contributed by atoms with Gasteiger partial charge in [0.2, 0.25) is 17.7 Å². The van der Waals surface area contributed by atoms with Crippen LogP contribution in [0.3, 0.4) is 0 Å². The second-order valence-corrected chi connectivity index (χ2v) is 13.4. The Kier molecular flexibility index (Phi) is 10.1. The van der Waals surface area contributed by atoms with E-state index in [2.05, 4.69) is 33.9 Å². The first kappa shape index (κ1) is 31.4. The summed E-state index contributed by atoms with van der Waals surface area (Å²) >= 11 is 1.68. The van der Waals surface area contributed by atoms with Gasteiger partial charge in [-0.2, -0.15) is 0 Å². The molecule has 4 rings (SSSR count). The molecule has 1 aromatic rings. The molecule has 1 N–H and O–H groups in total. The molecule has 3 heterocycles. The highest BCUT2D eigenvalue weighted by molar-refractivity contribution is 8.02. The highest BCUT2D eigenvalue weighted by Gasteiger charge is 2.77. The fourth-order valence-corrected chi connectivity index (χ4v) is 10.1. The van der Waals surface area contributed by atoms with Crippen molar-refractivity contribution in [1.29, 1.82) is 0 Å². The molecule has 8 atom stereocenters. The maximum atomic E-state index is 14.8. The summed E-state index contributed by atoms with van der Waals surface area (Å²) in [7, 11) is 0. The molecular formula is C33H47N3O4S. The molecule has 3 fully saturated rings. The molecule has 0 aromatic heterocycles. The number of likely N-dealkylation sites (tertiary alicyclic amines) is 1. The van der Waals surface area contributed by atoms with Crippen LogP contribution in [-0.4, -0.2) is 85.8 Å². The van der Waals surface area contributed by atoms with Crippen LogP contribution in [0.1, 0.15) is 65.0 Å². The number of fused-ring (bicyclic) bond motifs is 1. The van der Waals surface area contributed by atoms with E-state index in [1.807, 2.05) is 47.1 Å². The molecule has 224 valence electrons. The van der Waals surface area contributed by atoms with Crippen molar-refractivity contribution in [3.05, 3.63) is 61.2 Å². The molecule has 0 aliphatic carbocycles. The number of aliphatic hydroxyl groups excluding tert-OH is 1. The van der Waals surface area contributed by atoms with E-state index in [9.17, 15) is 19.5 Å². The van der Waals surface area contributed by atoms with Gasteiger partial charge in [-0.1, -0.05) is 69.7 Å². The number of carbonyl (C=O) groups is 3. The second-order valence-electron chi connectivity index (χ2n) is 11.9. The number of nitrogens with zero attached hydrogens (tertiary/aromatic N) is 3. The van der Waals surface area contributed by atoms with Gasteiger partial charge in [0.1, 0.15) is 6.04 Å². The van der Waals surface area contributed by atoms with Gasteiger partial charge in [-0.15, -0.1) is 24.9 Å². The lowest BCUT2D eigenvalue weighted by atomic mass is 9.65. The number of amides is 3. The van der Waals surface area contributed by atoms with Crippen molar-refractivity contribution in [2.24, 2.45) is 17.8 Å². The van der Waals surface area contributed by atoms with Crippen molar-refractivity contribution >= 4 is 29.5 Å². The number of hydrogen-bond acceptors (Lipinski definition) is 5. The molecule has 0 radical (unpaired) electrons. The first-order valence-corrected chi connectivity index (χ1v) is 16.1. The summed E-state index contributed by atoms with van der Waals surface area (Å²) in [5, 5.41) is 10.7. The van der Waals surface area contributed by atoms with Gasteiger partial charge in [-0.05, 0) is 37.7 Å². The predicted octanol–water partition coefficient (Wildman–Crippen LogP) is 4.69. The van der Waals surface area contributed by atoms with Crippen LogP contribution in [0, 0.1) is 17.8 Å². The molecule has 41 heavy (non-hydrogen) atoms. The summed E-state index contributed by atoms with van der Waals surface area (Å²) in [6.45, 7) is 17.2. The normalized spacial score (nSPS) is 29.6. The zero-order valence-corrected chi connectivity index (χ0v) is 25.9. The van der Waals surface area contributed by atoms with Crippen molar-refractivity contribution < 1.29 is 19.5 Å². The highest BCUT2D eigenvalue weighted by atomic mass is 32.2. The number of carbonyl (C=O) groups excluding carboxylic acids is 3. The van der Waals surface area contributed by atoms with Crippen LogP contribution in [0.5, 0.6) is 0 Å². The summed E-state index contributed by atoms with van der Waals surface area (Å²) < 4.78 is -0.751. The summed E-state index contributed by atoms with van der Waals surface area (Å²) in [5.41, 5.74) is 0.781. The Hall–Kier alpha value is -2.58. The van der Waals surface area contributed by atoms with Gasteiger partial charge in [-0.25, -0.2) is 0 Å². The maximum Gasteiger partial charge on any atom is 0.247 e. The minimum Gasteiger partial charge on any atom is -0.394 e. The lowest BCUT2D eigenvalue weighted by molar-refractivity contribution is -0.148. The Balaban J connectivity index is 1.87. The Bertz CT molecular complexity index is 1130. The topological polar surface area (TPSA) is 81.2 Å². The van der Waals surface area contributed by atoms with Crippen LogP contribution in [-0.2, 0) is 14.4 Å². The molecule has 3 saturated heterocycles. The third-order valence-electron chi connectivity index (χ3n) is 9.40. The monoisotopic (exact) mass is 581 g/mol.